The number of benzene rings is 1. The number of nitro groups is 1. The predicted octanol–water partition coefficient (Wildman–Crippen LogP) is 2.06. The number of aromatic hydroxyl groups is 1. The van der Waals surface area contributed by atoms with E-state index in [1.807, 2.05) is 4.90 Å². The normalized spacial score (nSPS) is 16.4. The van der Waals surface area contributed by atoms with Crippen LogP contribution in [0.1, 0.15) is 11.6 Å². The molecule has 2 rings (SSSR count). The van der Waals surface area contributed by atoms with E-state index in [-0.39, 0.29) is 30.5 Å². The Kier molecular flexibility index (Phi) is 8.50. The summed E-state index contributed by atoms with van der Waals surface area (Å²) >= 11 is 0. The van der Waals surface area contributed by atoms with Crippen molar-refractivity contribution in [1.29, 1.82) is 0 Å². The van der Waals surface area contributed by atoms with E-state index in [9.17, 15) is 19.6 Å². The van der Waals surface area contributed by atoms with Crippen LogP contribution in [0.4, 0.5) is 10.1 Å². The van der Waals surface area contributed by atoms with Crippen molar-refractivity contribution >= 4 is 30.5 Å². The number of alkyl halides is 1. The number of hydrogen-bond acceptors (Lipinski definition) is 5. The molecule has 1 aromatic carbocycles. The number of nitro benzene ring substituents is 1. The Morgan fingerprint density at radius 2 is 2.00 bits per heavy atom. The number of nitrogens with one attached hydrogen (secondary N) is 1. The fourth-order valence-corrected chi connectivity index (χ4v) is 2.29. The summed E-state index contributed by atoms with van der Waals surface area (Å²) in [5.74, 6) is -0.397. The van der Waals surface area contributed by atoms with E-state index in [1.165, 1.54) is 18.2 Å². The van der Waals surface area contributed by atoms with Gasteiger partial charge in [-0.2, -0.15) is 0 Å². The topological polar surface area (TPSA) is 78.6 Å². The van der Waals surface area contributed by atoms with Crippen molar-refractivity contribution in [2.45, 2.75) is 6.04 Å². The van der Waals surface area contributed by atoms with Crippen molar-refractivity contribution in [3.05, 3.63) is 33.9 Å². The fourth-order valence-electron chi connectivity index (χ4n) is 2.29. The zero-order valence-electron chi connectivity index (χ0n) is 11.2. The lowest BCUT2D eigenvalue weighted by atomic mass is 10.0. The van der Waals surface area contributed by atoms with E-state index < -0.39 is 23.4 Å². The first-order chi connectivity index (χ1) is 9.13. The summed E-state index contributed by atoms with van der Waals surface area (Å²) in [7, 11) is 0. The molecule has 2 N–H and O–H groups in total. The number of halogens is 3. The molecule has 0 spiro atoms. The molecule has 1 aromatic rings. The molecule has 0 bridgehead atoms. The standard InChI is InChI=1S/C12H16FN3O3.2ClH/c13-8-11(15-5-3-14-4-6-15)9-1-2-12(17)10(7-9)16(18)19;;/h1-2,7,11,14,17H,3-6,8H2;2*1H/t11-;;/m1../s1. The number of rotatable bonds is 4. The molecule has 1 aliphatic rings. The Morgan fingerprint density at radius 1 is 1.38 bits per heavy atom. The first-order valence-corrected chi connectivity index (χ1v) is 6.11. The molecule has 1 heterocycles. The number of phenolic OH excluding ortho intramolecular Hbond substituents is 1. The maximum absolute atomic E-state index is 13.3. The zero-order chi connectivity index (χ0) is 13.8. The van der Waals surface area contributed by atoms with Gasteiger partial charge < -0.3 is 10.4 Å². The molecule has 1 atom stereocenters. The molecule has 9 heteroatoms. The van der Waals surface area contributed by atoms with E-state index in [2.05, 4.69) is 5.32 Å². The lowest BCUT2D eigenvalue weighted by Gasteiger charge is -2.33. The first kappa shape index (κ1) is 19.9. The van der Waals surface area contributed by atoms with Crippen molar-refractivity contribution in [2.75, 3.05) is 32.9 Å². The van der Waals surface area contributed by atoms with Gasteiger partial charge in [0, 0.05) is 32.2 Å². The van der Waals surface area contributed by atoms with Gasteiger partial charge in [-0.05, 0) is 11.6 Å². The third-order valence-corrected chi connectivity index (χ3v) is 3.32. The summed E-state index contributed by atoms with van der Waals surface area (Å²) < 4.78 is 13.3. The van der Waals surface area contributed by atoms with Crippen molar-refractivity contribution in [2.24, 2.45) is 0 Å². The average Bonchev–Trinajstić information content (AvgIpc) is 2.42. The summed E-state index contributed by atoms with van der Waals surface area (Å²) in [6.45, 7) is 2.34. The minimum absolute atomic E-state index is 0. The molecule has 120 valence electrons. The number of piperazine rings is 1. The quantitative estimate of drug-likeness (QED) is 0.647. The summed E-state index contributed by atoms with van der Waals surface area (Å²) in [4.78, 5) is 12.1. The molecule has 21 heavy (non-hydrogen) atoms. The lowest BCUT2D eigenvalue weighted by Crippen LogP contribution is -2.45. The van der Waals surface area contributed by atoms with Crippen LogP contribution in [0.3, 0.4) is 0 Å². The fraction of sp³-hybridized carbons (Fsp3) is 0.500. The Bertz CT molecular complexity index is 473. The molecule has 1 fully saturated rings. The van der Waals surface area contributed by atoms with E-state index >= 15 is 0 Å². The molecule has 1 saturated heterocycles. The van der Waals surface area contributed by atoms with Crippen molar-refractivity contribution in [1.82, 2.24) is 10.2 Å². The maximum Gasteiger partial charge on any atom is 0.311 e. The van der Waals surface area contributed by atoms with Gasteiger partial charge in [0.1, 0.15) is 6.67 Å². The van der Waals surface area contributed by atoms with Crippen LogP contribution < -0.4 is 5.32 Å². The Balaban J connectivity index is 0.00000200. The summed E-state index contributed by atoms with van der Waals surface area (Å²) in [6, 6.07) is 3.54. The second kappa shape index (κ2) is 8.99. The van der Waals surface area contributed by atoms with Crippen LogP contribution in [0.25, 0.3) is 0 Å². The molecule has 6 nitrogen and oxygen atoms in total. The van der Waals surface area contributed by atoms with Crippen molar-refractivity contribution in [3.63, 3.8) is 0 Å². The van der Waals surface area contributed by atoms with Gasteiger partial charge >= 0.3 is 5.69 Å². The van der Waals surface area contributed by atoms with Crippen LogP contribution in [-0.2, 0) is 0 Å². The second-order valence-electron chi connectivity index (χ2n) is 4.46. The van der Waals surface area contributed by atoms with E-state index in [1.54, 1.807) is 0 Å². The second-order valence-corrected chi connectivity index (χ2v) is 4.46. The van der Waals surface area contributed by atoms with Crippen LogP contribution in [0.15, 0.2) is 18.2 Å². The first-order valence-electron chi connectivity index (χ1n) is 6.11. The van der Waals surface area contributed by atoms with Crippen LogP contribution in [-0.4, -0.2) is 47.8 Å². The van der Waals surface area contributed by atoms with Gasteiger partial charge in [-0.25, -0.2) is 4.39 Å². The van der Waals surface area contributed by atoms with Gasteiger partial charge in [0.2, 0.25) is 0 Å². The van der Waals surface area contributed by atoms with E-state index in [4.69, 9.17) is 0 Å². The molecular weight excluding hydrogens is 324 g/mol. The third-order valence-electron chi connectivity index (χ3n) is 3.32. The highest BCUT2D eigenvalue weighted by Gasteiger charge is 2.24. The molecule has 0 saturated carbocycles. The molecule has 0 amide bonds. The van der Waals surface area contributed by atoms with Gasteiger partial charge in [0.05, 0.1) is 11.0 Å². The maximum atomic E-state index is 13.3. The monoisotopic (exact) mass is 341 g/mol. The highest BCUT2D eigenvalue weighted by molar-refractivity contribution is 5.85. The van der Waals surface area contributed by atoms with Crippen LogP contribution in [0, 0.1) is 10.1 Å². The SMILES string of the molecule is Cl.Cl.O=[N+]([O-])c1cc([C@@H](CF)N2CCNCC2)ccc1O. The highest BCUT2D eigenvalue weighted by atomic mass is 35.5. The Labute approximate surface area is 134 Å². The molecule has 0 aromatic heterocycles. The largest absolute Gasteiger partial charge is 0.502 e. The minimum atomic E-state index is -0.661. The van der Waals surface area contributed by atoms with Gasteiger partial charge in [0.15, 0.2) is 5.75 Å². The van der Waals surface area contributed by atoms with Gasteiger partial charge in [-0.3, -0.25) is 15.0 Å². The highest BCUT2D eigenvalue weighted by Crippen LogP contribution is 2.31. The van der Waals surface area contributed by atoms with Gasteiger partial charge in [-0.1, -0.05) is 6.07 Å². The number of phenols is 1. The van der Waals surface area contributed by atoms with Crippen LogP contribution in [0.2, 0.25) is 0 Å². The van der Waals surface area contributed by atoms with Crippen molar-refractivity contribution < 1.29 is 14.4 Å². The number of hydrogen-bond donors (Lipinski definition) is 2. The number of nitrogens with zero attached hydrogens (tertiary/aromatic N) is 2. The average molecular weight is 342 g/mol. The molecule has 1 aliphatic heterocycles. The molecule has 0 radical (unpaired) electrons. The van der Waals surface area contributed by atoms with Crippen LogP contribution >= 0.6 is 24.8 Å². The van der Waals surface area contributed by atoms with Crippen molar-refractivity contribution in [3.8, 4) is 5.75 Å². The zero-order valence-corrected chi connectivity index (χ0v) is 12.8. The minimum Gasteiger partial charge on any atom is -0.502 e. The summed E-state index contributed by atoms with van der Waals surface area (Å²) in [5, 5.41) is 23.4. The van der Waals surface area contributed by atoms with Crippen LogP contribution in [0.5, 0.6) is 5.75 Å². The smallest absolute Gasteiger partial charge is 0.311 e. The molecule has 0 aliphatic carbocycles. The Hall–Kier alpha value is -1.15. The molecular formula is C12H18Cl2FN3O3. The van der Waals surface area contributed by atoms with E-state index in [0.717, 1.165) is 13.1 Å². The van der Waals surface area contributed by atoms with Gasteiger partial charge in [0.25, 0.3) is 0 Å². The predicted molar refractivity (Wildman–Crippen MR) is 82.4 cm³/mol. The van der Waals surface area contributed by atoms with E-state index in [0.29, 0.717) is 18.7 Å². The summed E-state index contributed by atoms with van der Waals surface area (Å²) in [6.07, 6.45) is 0. The summed E-state index contributed by atoms with van der Waals surface area (Å²) in [5.41, 5.74) is 0.139. The lowest BCUT2D eigenvalue weighted by molar-refractivity contribution is -0.386. The third kappa shape index (κ3) is 4.67. The van der Waals surface area contributed by atoms with Gasteiger partial charge in [-0.15, -0.1) is 24.8 Å². The molecule has 0 unspecified atom stereocenters. The Morgan fingerprint density at radius 3 is 2.52 bits per heavy atom.